The van der Waals surface area contributed by atoms with Gasteiger partial charge in [0, 0.05) is 12.8 Å². The number of allylic oxidation sites excluding steroid dienone is 25. The molecule has 82 heavy (non-hydrogen) atoms. The Kier molecular flexibility index (Phi) is 64.4. The molecule has 0 radical (unpaired) electrons. The molecule has 0 aliphatic carbocycles. The number of rotatable bonds is 59. The average Bonchev–Trinajstić information content (AvgIpc) is 3.47. The minimum absolute atomic E-state index is 0.117. The van der Waals surface area contributed by atoms with E-state index in [9.17, 15) is 14.4 Å². The topological polar surface area (TPSA) is 78.9 Å². The average molecular weight is 1130 g/mol. The van der Waals surface area contributed by atoms with E-state index in [1.54, 1.807) is 6.08 Å². The summed E-state index contributed by atoms with van der Waals surface area (Å²) in [5.74, 6) is -1.06. The molecule has 0 aromatic rings. The van der Waals surface area contributed by atoms with Crippen LogP contribution in [0.1, 0.15) is 284 Å². The molecule has 1 unspecified atom stereocenters. The van der Waals surface area contributed by atoms with Gasteiger partial charge in [-0.2, -0.15) is 0 Å². The normalized spacial score (nSPS) is 13.2. The van der Waals surface area contributed by atoms with Crippen molar-refractivity contribution in [3.05, 3.63) is 158 Å². The molecule has 0 aromatic carbocycles. The smallest absolute Gasteiger partial charge is 0.309 e. The number of unbranched alkanes of at least 4 members (excludes halogenated alkanes) is 23. The maximum Gasteiger partial charge on any atom is 0.309 e. The first kappa shape index (κ1) is 77.0. The Morgan fingerprint density at radius 2 is 0.524 bits per heavy atom. The lowest BCUT2D eigenvalue weighted by molar-refractivity contribution is -0.166. The molecule has 0 aliphatic heterocycles. The highest BCUT2D eigenvalue weighted by atomic mass is 16.6. The third-order valence-corrected chi connectivity index (χ3v) is 13.8. The fourth-order valence-electron chi connectivity index (χ4n) is 8.84. The molecule has 0 heterocycles. The van der Waals surface area contributed by atoms with Crippen LogP contribution in [0.25, 0.3) is 0 Å². The summed E-state index contributed by atoms with van der Waals surface area (Å²) in [6.45, 7) is 6.31. The van der Waals surface area contributed by atoms with Gasteiger partial charge in [0.25, 0.3) is 0 Å². The van der Waals surface area contributed by atoms with Crippen molar-refractivity contribution in [3.8, 4) is 0 Å². The van der Waals surface area contributed by atoms with Crippen LogP contribution >= 0.6 is 0 Å². The van der Waals surface area contributed by atoms with Crippen molar-refractivity contribution >= 4 is 17.9 Å². The van der Waals surface area contributed by atoms with Crippen molar-refractivity contribution < 1.29 is 28.6 Å². The van der Waals surface area contributed by atoms with Gasteiger partial charge in [-0.3, -0.25) is 14.4 Å². The quantitative estimate of drug-likeness (QED) is 0.0261. The van der Waals surface area contributed by atoms with E-state index in [0.29, 0.717) is 12.8 Å². The van der Waals surface area contributed by atoms with E-state index in [2.05, 4.69) is 167 Å². The second-order valence-corrected chi connectivity index (χ2v) is 21.6. The van der Waals surface area contributed by atoms with Crippen LogP contribution in [0.5, 0.6) is 0 Å². The van der Waals surface area contributed by atoms with E-state index in [1.807, 2.05) is 6.08 Å². The van der Waals surface area contributed by atoms with Crippen molar-refractivity contribution in [1.82, 2.24) is 0 Å². The van der Waals surface area contributed by atoms with Crippen LogP contribution in [-0.4, -0.2) is 37.2 Å². The Balaban J connectivity index is 4.37. The minimum Gasteiger partial charge on any atom is -0.462 e. The van der Waals surface area contributed by atoms with Crippen molar-refractivity contribution in [2.45, 2.75) is 290 Å². The molecular formula is C76H122O6. The van der Waals surface area contributed by atoms with Gasteiger partial charge in [0.05, 0.1) is 6.42 Å². The molecule has 1 atom stereocenters. The van der Waals surface area contributed by atoms with Crippen LogP contribution in [0.15, 0.2) is 158 Å². The number of ether oxygens (including phenoxy) is 3. The number of hydrogen-bond donors (Lipinski definition) is 0. The van der Waals surface area contributed by atoms with Gasteiger partial charge >= 0.3 is 17.9 Å². The van der Waals surface area contributed by atoms with E-state index in [-0.39, 0.29) is 31.6 Å². The lowest BCUT2D eigenvalue weighted by atomic mass is 10.0. The van der Waals surface area contributed by atoms with Crippen LogP contribution in [0, 0.1) is 0 Å². The highest BCUT2D eigenvalue weighted by molar-refractivity contribution is 5.72. The second kappa shape index (κ2) is 68.5. The van der Waals surface area contributed by atoms with E-state index in [4.69, 9.17) is 14.2 Å². The second-order valence-electron chi connectivity index (χ2n) is 21.6. The molecule has 6 nitrogen and oxygen atoms in total. The van der Waals surface area contributed by atoms with Gasteiger partial charge in [-0.25, -0.2) is 0 Å². The van der Waals surface area contributed by atoms with Crippen LogP contribution in [-0.2, 0) is 28.6 Å². The van der Waals surface area contributed by atoms with Crippen molar-refractivity contribution in [1.29, 1.82) is 0 Å². The lowest BCUT2D eigenvalue weighted by Gasteiger charge is -2.18. The zero-order chi connectivity index (χ0) is 59.2. The molecule has 0 aliphatic rings. The lowest BCUT2D eigenvalue weighted by Crippen LogP contribution is -2.30. The van der Waals surface area contributed by atoms with Crippen LogP contribution in [0.4, 0.5) is 0 Å². The molecule has 0 fully saturated rings. The highest BCUT2D eigenvalue weighted by Gasteiger charge is 2.19. The third-order valence-electron chi connectivity index (χ3n) is 13.8. The Morgan fingerprint density at radius 3 is 0.854 bits per heavy atom. The Labute approximate surface area is 505 Å². The fourth-order valence-corrected chi connectivity index (χ4v) is 8.84. The number of carbonyl (C=O) groups is 3. The summed E-state index contributed by atoms with van der Waals surface area (Å²) in [6, 6.07) is 0. The van der Waals surface area contributed by atoms with Gasteiger partial charge in [0.2, 0.25) is 0 Å². The van der Waals surface area contributed by atoms with E-state index < -0.39 is 12.1 Å². The highest BCUT2D eigenvalue weighted by Crippen LogP contribution is 2.15. The van der Waals surface area contributed by atoms with Crippen molar-refractivity contribution in [3.63, 3.8) is 0 Å². The first-order valence-electron chi connectivity index (χ1n) is 33.5. The summed E-state index contributed by atoms with van der Waals surface area (Å²) < 4.78 is 16.8. The zero-order valence-electron chi connectivity index (χ0n) is 52.9. The summed E-state index contributed by atoms with van der Waals surface area (Å²) >= 11 is 0. The minimum atomic E-state index is -0.831. The van der Waals surface area contributed by atoms with Crippen LogP contribution in [0.3, 0.4) is 0 Å². The molecule has 0 saturated carbocycles. The molecule has 6 heteroatoms. The fraction of sp³-hybridized carbons (Fsp3) is 0.618. The SMILES string of the molecule is CC/C=C\C/C=C\C/C=C\C/C=C\C/C=C\C/C=C\CCCCCCCCCCCCCCC(=O)OCC(COC(=O)C/C=C\C/C=C\C/C=C\C/C=C\C/C=C\CC)OC(=O)CCCCCCCCC/C=C\C/C=C\CCCCCC. The van der Waals surface area contributed by atoms with Crippen molar-refractivity contribution in [2.75, 3.05) is 13.2 Å². The van der Waals surface area contributed by atoms with Gasteiger partial charge < -0.3 is 14.2 Å². The van der Waals surface area contributed by atoms with Gasteiger partial charge in [-0.1, -0.05) is 294 Å². The number of hydrogen-bond acceptors (Lipinski definition) is 6. The maximum atomic E-state index is 12.9. The van der Waals surface area contributed by atoms with Gasteiger partial charge in [-0.05, 0) is 128 Å². The monoisotopic (exact) mass is 1130 g/mol. The predicted molar refractivity (Wildman–Crippen MR) is 357 cm³/mol. The molecule has 462 valence electrons. The third kappa shape index (κ3) is 65.8. The molecule has 0 spiro atoms. The van der Waals surface area contributed by atoms with Crippen LogP contribution in [0.2, 0.25) is 0 Å². The summed E-state index contributed by atoms with van der Waals surface area (Å²) in [5.41, 5.74) is 0. The van der Waals surface area contributed by atoms with E-state index >= 15 is 0 Å². The molecule has 0 saturated heterocycles. The van der Waals surface area contributed by atoms with Crippen LogP contribution < -0.4 is 0 Å². The molecule has 0 aromatic heterocycles. The number of esters is 3. The molecule has 0 bridgehead atoms. The molecular weight excluding hydrogens is 1010 g/mol. The van der Waals surface area contributed by atoms with Gasteiger partial charge in [0.15, 0.2) is 6.10 Å². The molecule has 0 N–H and O–H groups in total. The number of carbonyl (C=O) groups excluding carboxylic acids is 3. The first-order valence-corrected chi connectivity index (χ1v) is 33.5. The maximum absolute atomic E-state index is 12.9. The van der Waals surface area contributed by atoms with E-state index in [1.165, 1.54) is 122 Å². The Bertz CT molecular complexity index is 1830. The zero-order valence-corrected chi connectivity index (χ0v) is 52.9. The van der Waals surface area contributed by atoms with Gasteiger partial charge in [-0.15, -0.1) is 0 Å². The Hall–Kier alpha value is -4.97. The van der Waals surface area contributed by atoms with Crippen molar-refractivity contribution in [2.24, 2.45) is 0 Å². The first-order chi connectivity index (χ1) is 40.5. The summed E-state index contributed by atoms with van der Waals surface area (Å²) in [4.78, 5) is 38.3. The standard InChI is InChI=1S/C76H122O6/c1-4-7-10-13-16-19-22-25-28-30-32-33-34-35-36-37-38-39-40-41-42-43-44-46-48-51-54-57-60-63-66-69-75(78)81-72-73(71-80-74(77)68-65-62-59-56-53-50-47-27-24-21-18-15-12-9-6-3)82-76(79)70-67-64-61-58-55-52-49-45-31-29-26-23-20-17-14-11-8-5-2/h7,9-10,12,16,18-21,23,25,27-29,31-33,35-36,38-39,47,53,56,62,65,73H,4-6,8,11,13-15,17,22,24,26,30,34,37,40-46,48-52,54-55,57-61,63-64,66-72H2,1-3H3/b10-7-,12-9-,19-16-,21-18-,23-20-,28-25-,31-29-,33-32-,36-35-,39-38-,47-27-,56-53-,65-62-. The summed E-state index contributed by atoms with van der Waals surface area (Å²) in [6.07, 6.45) is 100.0. The Morgan fingerprint density at radius 1 is 0.268 bits per heavy atom. The molecule has 0 amide bonds. The van der Waals surface area contributed by atoms with Gasteiger partial charge in [0.1, 0.15) is 13.2 Å². The molecule has 0 rings (SSSR count). The predicted octanol–water partition coefficient (Wildman–Crippen LogP) is 23.3. The summed E-state index contributed by atoms with van der Waals surface area (Å²) in [7, 11) is 0. The summed E-state index contributed by atoms with van der Waals surface area (Å²) in [5, 5.41) is 0. The van der Waals surface area contributed by atoms with E-state index in [0.717, 1.165) is 122 Å². The largest absolute Gasteiger partial charge is 0.462 e.